The summed E-state index contributed by atoms with van der Waals surface area (Å²) in [7, 11) is 1.69. The zero-order valence-electron chi connectivity index (χ0n) is 19.7. The number of aromatic nitrogens is 1. The van der Waals surface area contributed by atoms with E-state index >= 15 is 0 Å². The van der Waals surface area contributed by atoms with E-state index in [1.165, 1.54) is 21.5 Å². The van der Waals surface area contributed by atoms with Gasteiger partial charge in [-0.25, -0.2) is 4.98 Å². The molecule has 1 atom stereocenters. The molecule has 7 heteroatoms. The molecule has 33 heavy (non-hydrogen) atoms. The number of hydrogen-bond donors (Lipinski definition) is 0. The summed E-state index contributed by atoms with van der Waals surface area (Å²) >= 11 is 1.76. The maximum Gasteiger partial charge on any atom is 0.227 e. The quantitative estimate of drug-likeness (QED) is 0.570. The van der Waals surface area contributed by atoms with Crippen LogP contribution in [0.3, 0.4) is 0 Å². The van der Waals surface area contributed by atoms with E-state index in [-0.39, 0.29) is 5.92 Å². The minimum Gasteiger partial charge on any atom is -0.497 e. The second-order valence-corrected chi connectivity index (χ2v) is 10.2. The van der Waals surface area contributed by atoms with Crippen molar-refractivity contribution in [1.29, 1.82) is 0 Å². The van der Waals surface area contributed by atoms with Crippen LogP contribution in [0.4, 0.5) is 10.8 Å². The van der Waals surface area contributed by atoms with Crippen molar-refractivity contribution in [2.24, 2.45) is 5.92 Å². The number of rotatable bonds is 4. The van der Waals surface area contributed by atoms with E-state index in [0.717, 1.165) is 68.5 Å². The van der Waals surface area contributed by atoms with Crippen LogP contribution in [-0.2, 0) is 4.79 Å². The Bertz CT molecular complexity index is 1140. The molecule has 0 radical (unpaired) electrons. The lowest BCUT2D eigenvalue weighted by Gasteiger charge is -2.39. The number of hydrogen-bond acceptors (Lipinski definition) is 6. The van der Waals surface area contributed by atoms with Gasteiger partial charge in [0, 0.05) is 45.0 Å². The van der Waals surface area contributed by atoms with Crippen molar-refractivity contribution >= 4 is 38.3 Å². The van der Waals surface area contributed by atoms with Gasteiger partial charge in [0.15, 0.2) is 5.13 Å². The molecule has 3 heterocycles. The Labute approximate surface area is 199 Å². The van der Waals surface area contributed by atoms with Gasteiger partial charge in [0.1, 0.15) is 5.75 Å². The summed E-state index contributed by atoms with van der Waals surface area (Å²) in [6, 6.07) is 12.6. The van der Waals surface area contributed by atoms with E-state index in [1.54, 1.807) is 18.4 Å². The van der Waals surface area contributed by atoms with E-state index in [0.29, 0.717) is 5.91 Å². The van der Waals surface area contributed by atoms with E-state index in [9.17, 15) is 4.79 Å². The Balaban J connectivity index is 1.22. The molecule has 1 amide bonds. The maximum atomic E-state index is 13.4. The first-order valence-electron chi connectivity index (χ1n) is 11.8. The average molecular weight is 465 g/mol. The van der Waals surface area contributed by atoms with Crippen molar-refractivity contribution in [3.63, 3.8) is 0 Å². The van der Waals surface area contributed by atoms with Gasteiger partial charge < -0.3 is 19.4 Å². The first-order valence-corrected chi connectivity index (χ1v) is 12.6. The highest BCUT2D eigenvalue weighted by Gasteiger charge is 2.32. The number of methoxy groups -OCH3 is 1. The third-order valence-corrected chi connectivity index (χ3v) is 7.95. The monoisotopic (exact) mass is 464 g/mol. The maximum absolute atomic E-state index is 13.4. The fourth-order valence-electron chi connectivity index (χ4n) is 5.08. The number of piperazine rings is 1. The molecule has 2 aliphatic heterocycles. The first kappa shape index (κ1) is 22.0. The highest BCUT2D eigenvalue weighted by molar-refractivity contribution is 7.22. The molecule has 0 bridgehead atoms. The molecule has 5 rings (SSSR count). The van der Waals surface area contributed by atoms with Crippen LogP contribution in [0.2, 0.25) is 0 Å². The van der Waals surface area contributed by atoms with E-state index in [2.05, 4.69) is 52.8 Å². The Morgan fingerprint density at radius 3 is 2.52 bits per heavy atom. The molecule has 0 N–H and O–H groups in total. The van der Waals surface area contributed by atoms with Crippen LogP contribution in [0.25, 0.3) is 10.2 Å². The van der Waals surface area contributed by atoms with Gasteiger partial charge in [-0.1, -0.05) is 17.4 Å². The van der Waals surface area contributed by atoms with Crippen LogP contribution in [0.1, 0.15) is 24.0 Å². The molecule has 2 aliphatic rings. The largest absolute Gasteiger partial charge is 0.497 e. The normalized spacial score (nSPS) is 19.2. The number of carbonyl (C=O) groups excluding carboxylic acids is 1. The Hall–Kier alpha value is -2.80. The zero-order chi connectivity index (χ0) is 22.9. The predicted octanol–water partition coefficient (Wildman–Crippen LogP) is 4.49. The SMILES string of the molecule is COc1ccc(N2CCN(C(=O)[C@H]3CCCN(c4nc5c(C)cc(C)cc5s4)C3)CC2)cc1. The van der Waals surface area contributed by atoms with Crippen LogP contribution in [0.15, 0.2) is 36.4 Å². The van der Waals surface area contributed by atoms with Gasteiger partial charge >= 0.3 is 0 Å². The van der Waals surface area contributed by atoms with Crippen molar-refractivity contribution in [1.82, 2.24) is 9.88 Å². The highest BCUT2D eigenvalue weighted by Crippen LogP contribution is 2.34. The Morgan fingerprint density at radius 2 is 1.79 bits per heavy atom. The van der Waals surface area contributed by atoms with Gasteiger partial charge in [0.05, 0.1) is 23.2 Å². The molecular weight excluding hydrogens is 432 g/mol. The van der Waals surface area contributed by atoms with Crippen LogP contribution in [-0.4, -0.2) is 62.2 Å². The van der Waals surface area contributed by atoms with Crippen molar-refractivity contribution < 1.29 is 9.53 Å². The lowest BCUT2D eigenvalue weighted by Crippen LogP contribution is -2.52. The number of amides is 1. The van der Waals surface area contributed by atoms with Crippen molar-refractivity contribution in [2.75, 3.05) is 56.2 Å². The second-order valence-electron chi connectivity index (χ2n) is 9.22. The van der Waals surface area contributed by atoms with Crippen molar-refractivity contribution in [2.45, 2.75) is 26.7 Å². The highest BCUT2D eigenvalue weighted by atomic mass is 32.1. The van der Waals surface area contributed by atoms with Gasteiger partial charge in [-0.2, -0.15) is 0 Å². The molecule has 6 nitrogen and oxygen atoms in total. The lowest BCUT2D eigenvalue weighted by atomic mass is 9.96. The summed E-state index contributed by atoms with van der Waals surface area (Å²) in [6.07, 6.45) is 2.01. The number of fused-ring (bicyclic) bond motifs is 1. The van der Waals surface area contributed by atoms with Gasteiger partial charge in [-0.05, 0) is 68.1 Å². The second kappa shape index (κ2) is 9.21. The zero-order valence-corrected chi connectivity index (χ0v) is 20.5. The topological polar surface area (TPSA) is 48.9 Å². The minimum atomic E-state index is 0.0566. The third kappa shape index (κ3) is 4.51. The average Bonchev–Trinajstić information content (AvgIpc) is 3.28. The number of thiazole rings is 1. The molecule has 0 spiro atoms. The number of aryl methyl sites for hydroxylation is 2. The van der Waals surface area contributed by atoms with Gasteiger partial charge in [0.2, 0.25) is 5.91 Å². The number of carbonyl (C=O) groups is 1. The molecule has 3 aromatic rings. The number of ether oxygens (including phenoxy) is 1. The summed E-state index contributed by atoms with van der Waals surface area (Å²) in [5, 5.41) is 1.06. The summed E-state index contributed by atoms with van der Waals surface area (Å²) in [5.41, 5.74) is 4.79. The van der Waals surface area contributed by atoms with Crippen LogP contribution < -0.4 is 14.5 Å². The molecule has 1 aromatic heterocycles. The summed E-state index contributed by atoms with van der Waals surface area (Å²) in [5.74, 6) is 1.23. The number of benzene rings is 2. The molecule has 0 aliphatic carbocycles. The fraction of sp³-hybridized carbons (Fsp3) is 0.462. The standard InChI is InChI=1S/C26H32N4O2S/c1-18-15-19(2)24-23(16-18)33-26(27-24)30-10-4-5-20(17-30)25(31)29-13-11-28(12-14-29)21-6-8-22(32-3)9-7-21/h6-9,15-16,20H,4-5,10-14,17H2,1-3H3/t20-/m0/s1. The van der Waals surface area contributed by atoms with E-state index < -0.39 is 0 Å². The fourth-order valence-corrected chi connectivity index (χ4v) is 6.26. The Kier molecular flexibility index (Phi) is 6.15. The minimum absolute atomic E-state index is 0.0566. The van der Waals surface area contributed by atoms with Gasteiger partial charge in [0.25, 0.3) is 0 Å². The van der Waals surface area contributed by atoms with Crippen LogP contribution in [0.5, 0.6) is 5.75 Å². The van der Waals surface area contributed by atoms with Crippen LogP contribution in [0, 0.1) is 19.8 Å². The van der Waals surface area contributed by atoms with Gasteiger partial charge in [-0.3, -0.25) is 4.79 Å². The molecule has 0 saturated carbocycles. The number of piperidine rings is 1. The number of nitrogens with zero attached hydrogens (tertiary/aromatic N) is 4. The molecule has 2 saturated heterocycles. The van der Waals surface area contributed by atoms with Crippen molar-refractivity contribution in [3.05, 3.63) is 47.5 Å². The predicted molar refractivity (Wildman–Crippen MR) is 136 cm³/mol. The summed E-state index contributed by atoms with van der Waals surface area (Å²) in [6.45, 7) is 9.31. The van der Waals surface area contributed by atoms with E-state index in [1.807, 2.05) is 12.1 Å². The Morgan fingerprint density at radius 1 is 1.03 bits per heavy atom. The molecule has 2 aromatic carbocycles. The summed E-state index contributed by atoms with van der Waals surface area (Å²) < 4.78 is 6.50. The first-order chi connectivity index (χ1) is 16.0. The molecular formula is C26H32N4O2S. The number of anilines is 2. The molecule has 174 valence electrons. The van der Waals surface area contributed by atoms with Crippen molar-refractivity contribution in [3.8, 4) is 5.75 Å². The summed E-state index contributed by atoms with van der Waals surface area (Å²) in [4.78, 5) is 25.1. The smallest absolute Gasteiger partial charge is 0.227 e. The van der Waals surface area contributed by atoms with Crippen LogP contribution >= 0.6 is 11.3 Å². The van der Waals surface area contributed by atoms with E-state index in [4.69, 9.17) is 9.72 Å². The molecule has 2 fully saturated rings. The van der Waals surface area contributed by atoms with Gasteiger partial charge in [-0.15, -0.1) is 0 Å². The third-order valence-electron chi connectivity index (χ3n) is 6.89. The lowest BCUT2D eigenvalue weighted by molar-refractivity contribution is -0.136. The molecule has 0 unspecified atom stereocenters.